The van der Waals surface area contributed by atoms with Crippen LogP contribution in [0.3, 0.4) is 0 Å². The summed E-state index contributed by atoms with van der Waals surface area (Å²) in [5.74, 6) is 0.0687. The van der Waals surface area contributed by atoms with Gasteiger partial charge in [-0.2, -0.15) is 5.26 Å². The third kappa shape index (κ3) is 2.16. The summed E-state index contributed by atoms with van der Waals surface area (Å²) < 4.78 is 0. The highest BCUT2D eigenvalue weighted by molar-refractivity contribution is 5.99. The van der Waals surface area contributed by atoms with E-state index < -0.39 is 0 Å². The van der Waals surface area contributed by atoms with Gasteiger partial charge in [-0.05, 0) is 30.0 Å². The number of hydrogen-bond acceptors (Lipinski definition) is 2. The SMILES string of the molecule is N#CCCCc1ccc2c(c1)CC(=O)N2. The van der Waals surface area contributed by atoms with Crippen molar-refractivity contribution in [2.24, 2.45) is 0 Å². The lowest BCUT2D eigenvalue weighted by Gasteiger charge is -2.02. The van der Waals surface area contributed by atoms with Crippen LogP contribution in [0.15, 0.2) is 18.2 Å². The number of benzene rings is 1. The van der Waals surface area contributed by atoms with E-state index in [1.807, 2.05) is 12.1 Å². The quantitative estimate of drug-likeness (QED) is 0.759. The molecule has 0 saturated heterocycles. The monoisotopic (exact) mass is 200 g/mol. The second-order valence-corrected chi connectivity index (χ2v) is 3.73. The van der Waals surface area contributed by atoms with Crippen LogP contribution < -0.4 is 5.32 Å². The zero-order valence-corrected chi connectivity index (χ0v) is 8.42. The Hall–Kier alpha value is -1.82. The molecular formula is C12H12N2O. The second kappa shape index (κ2) is 4.14. The molecule has 1 aromatic rings. The Bertz CT molecular complexity index is 432. The van der Waals surface area contributed by atoms with Gasteiger partial charge in [-0.15, -0.1) is 0 Å². The van der Waals surface area contributed by atoms with Crippen LogP contribution in [0.4, 0.5) is 5.69 Å². The number of fused-ring (bicyclic) bond motifs is 1. The number of carbonyl (C=O) groups is 1. The number of rotatable bonds is 3. The molecule has 2 rings (SSSR count). The molecule has 0 unspecified atom stereocenters. The predicted molar refractivity (Wildman–Crippen MR) is 57.3 cm³/mol. The van der Waals surface area contributed by atoms with E-state index in [9.17, 15) is 4.79 Å². The van der Waals surface area contributed by atoms with Crippen LogP contribution in [-0.4, -0.2) is 5.91 Å². The third-order valence-electron chi connectivity index (χ3n) is 2.55. The lowest BCUT2D eigenvalue weighted by molar-refractivity contribution is -0.115. The standard InChI is InChI=1S/C12H12N2O/c13-6-2-1-3-9-4-5-11-10(7-9)8-12(15)14-11/h4-5,7H,1-3,8H2,(H,14,15). The van der Waals surface area contributed by atoms with E-state index in [-0.39, 0.29) is 5.91 Å². The summed E-state index contributed by atoms with van der Waals surface area (Å²) in [6, 6.07) is 8.15. The number of aryl methyl sites for hydroxylation is 1. The summed E-state index contributed by atoms with van der Waals surface area (Å²) in [5, 5.41) is 11.2. The first-order chi connectivity index (χ1) is 7.29. The number of carbonyl (C=O) groups excluding carboxylic acids is 1. The molecule has 3 heteroatoms. The largest absolute Gasteiger partial charge is 0.326 e. The van der Waals surface area contributed by atoms with E-state index in [2.05, 4.69) is 17.5 Å². The van der Waals surface area contributed by atoms with Gasteiger partial charge in [0.15, 0.2) is 0 Å². The highest BCUT2D eigenvalue weighted by Gasteiger charge is 2.16. The summed E-state index contributed by atoms with van der Waals surface area (Å²) in [4.78, 5) is 11.1. The van der Waals surface area contributed by atoms with Gasteiger partial charge >= 0.3 is 0 Å². The molecule has 15 heavy (non-hydrogen) atoms. The van der Waals surface area contributed by atoms with Crippen molar-refractivity contribution in [1.82, 2.24) is 0 Å². The van der Waals surface area contributed by atoms with Crippen molar-refractivity contribution in [3.63, 3.8) is 0 Å². The molecule has 1 amide bonds. The van der Waals surface area contributed by atoms with Gasteiger partial charge in [-0.1, -0.05) is 12.1 Å². The molecule has 0 fully saturated rings. The number of hydrogen-bond donors (Lipinski definition) is 1. The van der Waals surface area contributed by atoms with Crippen LogP contribution in [0.5, 0.6) is 0 Å². The molecule has 0 bridgehead atoms. The fourth-order valence-corrected chi connectivity index (χ4v) is 1.81. The van der Waals surface area contributed by atoms with E-state index in [4.69, 9.17) is 5.26 Å². The van der Waals surface area contributed by atoms with Gasteiger partial charge in [0, 0.05) is 12.1 Å². The van der Waals surface area contributed by atoms with Crippen LogP contribution in [0.25, 0.3) is 0 Å². The van der Waals surface area contributed by atoms with Gasteiger partial charge in [0.2, 0.25) is 5.91 Å². The zero-order valence-electron chi connectivity index (χ0n) is 8.42. The van der Waals surface area contributed by atoms with Gasteiger partial charge in [0.05, 0.1) is 12.5 Å². The topological polar surface area (TPSA) is 52.9 Å². The summed E-state index contributed by atoms with van der Waals surface area (Å²) in [6.45, 7) is 0. The molecule has 0 spiro atoms. The maximum atomic E-state index is 11.1. The van der Waals surface area contributed by atoms with E-state index in [0.29, 0.717) is 12.8 Å². The first-order valence-electron chi connectivity index (χ1n) is 5.08. The Morgan fingerprint density at radius 1 is 1.47 bits per heavy atom. The fourth-order valence-electron chi connectivity index (χ4n) is 1.81. The van der Waals surface area contributed by atoms with Crippen molar-refractivity contribution in [1.29, 1.82) is 5.26 Å². The second-order valence-electron chi connectivity index (χ2n) is 3.73. The molecule has 0 aromatic heterocycles. The van der Waals surface area contributed by atoms with Crippen molar-refractivity contribution < 1.29 is 4.79 Å². The molecule has 0 saturated carbocycles. The number of nitrogens with zero attached hydrogens (tertiary/aromatic N) is 1. The molecule has 1 heterocycles. The Morgan fingerprint density at radius 2 is 2.33 bits per heavy atom. The normalized spacial score (nSPS) is 13.1. The van der Waals surface area contributed by atoms with Crippen LogP contribution in [0, 0.1) is 11.3 Å². The van der Waals surface area contributed by atoms with E-state index in [1.165, 1.54) is 5.56 Å². The Kier molecular flexibility index (Phi) is 2.68. The van der Waals surface area contributed by atoms with E-state index in [0.717, 1.165) is 24.1 Å². The average molecular weight is 200 g/mol. The number of unbranched alkanes of at least 4 members (excludes halogenated alkanes) is 1. The summed E-state index contributed by atoms with van der Waals surface area (Å²) in [7, 11) is 0. The highest BCUT2D eigenvalue weighted by atomic mass is 16.1. The molecule has 0 atom stereocenters. The summed E-state index contributed by atoms with van der Waals surface area (Å²) in [5.41, 5.74) is 3.22. The highest BCUT2D eigenvalue weighted by Crippen LogP contribution is 2.24. The zero-order chi connectivity index (χ0) is 10.7. The minimum Gasteiger partial charge on any atom is -0.326 e. The molecule has 0 aliphatic carbocycles. The summed E-state index contributed by atoms with van der Waals surface area (Å²) >= 11 is 0. The molecule has 1 aliphatic heterocycles. The van der Waals surface area contributed by atoms with Crippen molar-refractivity contribution in [3.8, 4) is 6.07 Å². The Balaban J connectivity index is 2.07. The van der Waals surface area contributed by atoms with Crippen molar-refractivity contribution >= 4 is 11.6 Å². The van der Waals surface area contributed by atoms with Crippen molar-refractivity contribution in [3.05, 3.63) is 29.3 Å². The maximum Gasteiger partial charge on any atom is 0.228 e. The van der Waals surface area contributed by atoms with Crippen molar-refractivity contribution in [2.45, 2.75) is 25.7 Å². The van der Waals surface area contributed by atoms with Gasteiger partial charge in [0.1, 0.15) is 0 Å². The average Bonchev–Trinajstić information content (AvgIpc) is 2.57. The molecule has 1 N–H and O–H groups in total. The van der Waals surface area contributed by atoms with Crippen LogP contribution in [-0.2, 0) is 17.6 Å². The number of nitrogens with one attached hydrogen (secondary N) is 1. The van der Waals surface area contributed by atoms with Crippen LogP contribution >= 0.6 is 0 Å². The van der Waals surface area contributed by atoms with E-state index in [1.54, 1.807) is 0 Å². The lowest BCUT2D eigenvalue weighted by Crippen LogP contribution is -2.03. The lowest BCUT2D eigenvalue weighted by atomic mass is 10.0. The van der Waals surface area contributed by atoms with Crippen molar-refractivity contribution in [2.75, 3.05) is 5.32 Å². The number of nitriles is 1. The molecule has 76 valence electrons. The van der Waals surface area contributed by atoms with Gasteiger partial charge in [0.25, 0.3) is 0 Å². The Labute approximate surface area is 88.7 Å². The summed E-state index contributed by atoms with van der Waals surface area (Å²) in [6.07, 6.45) is 2.88. The minimum atomic E-state index is 0.0687. The van der Waals surface area contributed by atoms with Gasteiger partial charge in [-0.3, -0.25) is 4.79 Å². The molecular weight excluding hydrogens is 188 g/mol. The first-order valence-corrected chi connectivity index (χ1v) is 5.08. The third-order valence-corrected chi connectivity index (χ3v) is 2.55. The fraction of sp³-hybridized carbons (Fsp3) is 0.333. The molecule has 1 aliphatic rings. The maximum absolute atomic E-state index is 11.1. The van der Waals surface area contributed by atoms with Gasteiger partial charge < -0.3 is 5.32 Å². The van der Waals surface area contributed by atoms with Crippen LogP contribution in [0.2, 0.25) is 0 Å². The van der Waals surface area contributed by atoms with E-state index >= 15 is 0 Å². The molecule has 3 nitrogen and oxygen atoms in total. The Morgan fingerprint density at radius 3 is 3.13 bits per heavy atom. The van der Waals surface area contributed by atoms with Crippen LogP contribution in [0.1, 0.15) is 24.0 Å². The minimum absolute atomic E-state index is 0.0687. The molecule has 0 radical (unpaired) electrons. The first kappa shape index (κ1) is 9.72. The molecule has 1 aromatic carbocycles. The van der Waals surface area contributed by atoms with Gasteiger partial charge in [-0.25, -0.2) is 0 Å². The predicted octanol–water partition coefficient (Wildman–Crippen LogP) is 2.03. The smallest absolute Gasteiger partial charge is 0.228 e. The number of amides is 1. The number of anilines is 1.